The Hall–Kier alpha value is -2.57. The molecule has 0 bridgehead atoms. The van der Waals surface area contributed by atoms with Crippen LogP contribution in [0.5, 0.6) is 0 Å². The van der Waals surface area contributed by atoms with Gasteiger partial charge in [-0.05, 0) is 13.8 Å². The summed E-state index contributed by atoms with van der Waals surface area (Å²) < 4.78 is 1.25. The first-order valence-electron chi connectivity index (χ1n) is 5.60. The average Bonchev–Trinajstić information content (AvgIpc) is 2.34. The highest BCUT2D eigenvalue weighted by molar-refractivity contribution is 5.36. The Kier molecular flexibility index (Phi) is 3.37. The van der Waals surface area contributed by atoms with E-state index in [0.29, 0.717) is 11.3 Å². The number of nitrogens with zero attached hydrogens (tertiary/aromatic N) is 4. The van der Waals surface area contributed by atoms with E-state index in [1.165, 1.54) is 23.8 Å². The van der Waals surface area contributed by atoms with Crippen molar-refractivity contribution in [2.75, 3.05) is 0 Å². The summed E-state index contributed by atoms with van der Waals surface area (Å²) in [6, 6.07) is 1.25. The van der Waals surface area contributed by atoms with Crippen molar-refractivity contribution < 1.29 is 4.92 Å². The second kappa shape index (κ2) is 4.97. The smallest absolute Gasteiger partial charge is 0.288 e. The highest BCUT2D eigenvalue weighted by Gasteiger charge is 2.13. The maximum atomic E-state index is 11.8. The van der Waals surface area contributed by atoms with Gasteiger partial charge in [0.15, 0.2) is 0 Å². The number of aryl methyl sites for hydroxylation is 2. The number of rotatable bonds is 3. The van der Waals surface area contributed by atoms with Crippen molar-refractivity contribution in [3.63, 3.8) is 0 Å². The van der Waals surface area contributed by atoms with Crippen LogP contribution in [-0.2, 0) is 6.54 Å². The molecule has 2 heterocycles. The number of hydrogen-bond acceptors (Lipinski definition) is 5. The van der Waals surface area contributed by atoms with Gasteiger partial charge in [-0.1, -0.05) is 0 Å². The lowest BCUT2D eigenvalue weighted by molar-refractivity contribution is -0.385. The Morgan fingerprint density at radius 1 is 1.32 bits per heavy atom. The van der Waals surface area contributed by atoms with Gasteiger partial charge in [-0.15, -0.1) is 0 Å². The normalized spacial score (nSPS) is 10.4. The molecule has 0 unspecified atom stereocenters. The van der Waals surface area contributed by atoms with E-state index >= 15 is 0 Å². The van der Waals surface area contributed by atoms with Crippen LogP contribution in [0.15, 0.2) is 29.5 Å². The summed E-state index contributed by atoms with van der Waals surface area (Å²) in [5.74, 6) is 0. The first-order chi connectivity index (χ1) is 8.97. The second-order valence-electron chi connectivity index (χ2n) is 4.21. The van der Waals surface area contributed by atoms with E-state index in [0.717, 1.165) is 5.69 Å². The van der Waals surface area contributed by atoms with Crippen LogP contribution in [0.2, 0.25) is 0 Å². The summed E-state index contributed by atoms with van der Waals surface area (Å²) in [4.78, 5) is 30.3. The SMILES string of the molecule is Cc1cnc(Cn2cc([N+](=O)[O-])c(C)cc2=O)cn1. The van der Waals surface area contributed by atoms with Gasteiger partial charge in [-0.3, -0.25) is 24.9 Å². The molecule has 0 aromatic carbocycles. The lowest BCUT2D eigenvalue weighted by Crippen LogP contribution is -2.21. The Balaban J connectivity index is 2.40. The summed E-state index contributed by atoms with van der Waals surface area (Å²) in [5.41, 5.74) is 1.31. The fraction of sp³-hybridized carbons (Fsp3) is 0.250. The number of pyridine rings is 1. The molecule has 2 aromatic heterocycles. The number of aromatic nitrogens is 3. The minimum atomic E-state index is -0.508. The molecule has 98 valence electrons. The van der Waals surface area contributed by atoms with Crippen LogP contribution in [0.1, 0.15) is 17.0 Å². The van der Waals surface area contributed by atoms with Crippen molar-refractivity contribution in [1.29, 1.82) is 0 Å². The molecule has 19 heavy (non-hydrogen) atoms. The van der Waals surface area contributed by atoms with Crippen LogP contribution >= 0.6 is 0 Å². The van der Waals surface area contributed by atoms with Crippen molar-refractivity contribution in [1.82, 2.24) is 14.5 Å². The second-order valence-corrected chi connectivity index (χ2v) is 4.21. The maximum Gasteiger partial charge on any atom is 0.288 e. The lowest BCUT2D eigenvalue weighted by atomic mass is 10.2. The first kappa shape index (κ1) is 12.9. The van der Waals surface area contributed by atoms with Gasteiger partial charge in [-0.25, -0.2) is 0 Å². The van der Waals surface area contributed by atoms with Crippen molar-refractivity contribution in [3.05, 3.63) is 62.1 Å². The van der Waals surface area contributed by atoms with Gasteiger partial charge < -0.3 is 4.57 Å². The van der Waals surface area contributed by atoms with Crippen LogP contribution in [0, 0.1) is 24.0 Å². The monoisotopic (exact) mass is 260 g/mol. The van der Waals surface area contributed by atoms with Gasteiger partial charge in [-0.2, -0.15) is 0 Å². The van der Waals surface area contributed by atoms with Gasteiger partial charge in [0.05, 0.1) is 35.2 Å². The average molecular weight is 260 g/mol. The van der Waals surface area contributed by atoms with Crippen molar-refractivity contribution >= 4 is 5.69 Å². The van der Waals surface area contributed by atoms with E-state index in [1.54, 1.807) is 19.3 Å². The molecule has 2 rings (SSSR count). The van der Waals surface area contributed by atoms with E-state index in [9.17, 15) is 14.9 Å². The van der Waals surface area contributed by atoms with Crippen LogP contribution in [-0.4, -0.2) is 19.5 Å². The lowest BCUT2D eigenvalue weighted by Gasteiger charge is -2.06. The van der Waals surface area contributed by atoms with E-state index in [4.69, 9.17) is 0 Å². The summed E-state index contributed by atoms with van der Waals surface area (Å²) in [6.07, 6.45) is 4.37. The third kappa shape index (κ3) is 2.82. The first-order valence-corrected chi connectivity index (χ1v) is 5.60. The molecule has 0 saturated carbocycles. The van der Waals surface area contributed by atoms with Crippen molar-refractivity contribution in [2.45, 2.75) is 20.4 Å². The van der Waals surface area contributed by atoms with Gasteiger partial charge in [0.1, 0.15) is 0 Å². The summed E-state index contributed by atoms with van der Waals surface area (Å²) in [7, 11) is 0. The van der Waals surface area contributed by atoms with Gasteiger partial charge in [0.2, 0.25) is 0 Å². The molecular formula is C12H12N4O3. The summed E-state index contributed by atoms with van der Waals surface area (Å²) >= 11 is 0. The molecule has 0 saturated heterocycles. The fourth-order valence-corrected chi connectivity index (χ4v) is 1.65. The topological polar surface area (TPSA) is 90.9 Å². The van der Waals surface area contributed by atoms with Gasteiger partial charge >= 0.3 is 0 Å². The van der Waals surface area contributed by atoms with Crippen LogP contribution in [0.3, 0.4) is 0 Å². The van der Waals surface area contributed by atoms with E-state index in [2.05, 4.69) is 9.97 Å². The maximum absolute atomic E-state index is 11.8. The largest absolute Gasteiger partial charge is 0.303 e. The molecule has 0 atom stereocenters. The zero-order valence-corrected chi connectivity index (χ0v) is 10.5. The predicted molar refractivity (Wildman–Crippen MR) is 68.0 cm³/mol. The van der Waals surface area contributed by atoms with E-state index in [1.807, 2.05) is 0 Å². The third-order valence-corrected chi connectivity index (χ3v) is 2.67. The number of nitro groups is 1. The Bertz CT molecular complexity index is 676. The molecule has 0 N–H and O–H groups in total. The Labute approximate surface area is 108 Å². The molecule has 2 aromatic rings. The molecule has 0 spiro atoms. The number of hydrogen-bond donors (Lipinski definition) is 0. The molecule has 0 aliphatic carbocycles. The van der Waals surface area contributed by atoms with Crippen molar-refractivity contribution in [3.8, 4) is 0 Å². The fourth-order valence-electron chi connectivity index (χ4n) is 1.65. The minimum Gasteiger partial charge on any atom is -0.303 e. The van der Waals surface area contributed by atoms with Crippen LogP contribution in [0.25, 0.3) is 0 Å². The van der Waals surface area contributed by atoms with Gasteiger partial charge in [0.25, 0.3) is 11.2 Å². The molecule has 7 nitrogen and oxygen atoms in total. The van der Waals surface area contributed by atoms with Crippen molar-refractivity contribution in [2.24, 2.45) is 0 Å². The minimum absolute atomic E-state index is 0.0836. The van der Waals surface area contributed by atoms with E-state index in [-0.39, 0.29) is 17.8 Å². The quantitative estimate of drug-likeness (QED) is 0.611. The zero-order chi connectivity index (χ0) is 14.0. The molecule has 0 aliphatic heterocycles. The zero-order valence-electron chi connectivity index (χ0n) is 10.5. The van der Waals surface area contributed by atoms with E-state index < -0.39 is 4.92 Å². The molecule has 0 aliphatic rings. The molecule has 0 fully saturated rings. The Morgan fingerprint density at radius 3 is 2.63 bits per heavy atom. The molecule has 0 amide bonds. The summed E-state index contributed by atoms with van der Waals surface area (Å²) in [6.45, 7) is 3.50. The molecule has 7 heteroatoms. The molecular weight excluding hydrogens is 248 g/mol. The standard InChI is InChI=1S/C12H12N4O3/c1-8-3-12(17)15(7-11(8)16(18)19)6-10-5-13-9(2)4-14-10/h3-5,7H,6H2,1-2H3. The summed E-state index contributed by atoms with van der Waals surface area (Å²) in [5, 5.41) is 10.8. The highest BCUT2D eigenvalue weighted by atomic mass is 16.6. The molecule has 0 radical (unpaired) electrons. The van der Waals surface area contributed by atoms with Gasteiger partial charge in [0, 0.05) is 17.8 Å². The Morgan fingerprint density at radius 2 is 2.05 bits per heavy atom. The third-order valence-electron chi connectivity index (χ3n) is 2.67. The van der Waals surface area contributed by atoms with Crippen LogP contribution < -0.4 is 5.56 Å². The predicted octanol–water partition coefficient (Wildman–Crippen LogP) is 1.21. The highest BCUT2D eigenvalue weighted by Crippen LogP contribution is 2.14. The van der Waals surface area contributed by atoms with Crippen LogP contribution in [0.4, 0.5) is 5.69 Å².